The highest BCUT2D eigenvalue weighted by molar-refractivity contribution is 5.95. The topological polar surface area (TPSA) is 72.6 Å². The number of hydrogen-bond acceptors (Lipinski definition) is 4. The lowest BCUT2D eigenvalue weighted by Crippen LogP contribution is -2.25. The normalized spacial score (nSPS) is 10.6. The van der Waals surface area contributed by atoms with E-state index in [1.165, 1.54) is 26.7 Å². The Bertz CT molecular complexity index is 892. The molecule has 2 N–H and O–H groups in total. The second-order valence-electron chi connectivity index (χ2n) is 5.82. The molecule has 0 spiro atoms. The molecule has 136 valence electrons. The maximum Gasteiger partial charge on any atom is 0.251 e. The smallest absolute Gasteiger partial charge is 0.251 e. The van der Waals surface area contributed by atoms with Crippen LogP contribution in [0.1, 0.15) is 15.9 Å². The van der Waals surface area contributed by atoms with Crippen molar-refractivity contribution in [1.29, 1.82) is 0 Å². The summed E-state index contributed by atoms with van der Waals surface area (Å²) in [5, 5.41) is 4.10. The molecule has 0 bridgehead atoms. The molecule has 0 saturated heterocycles. The van der Waals surface area contributed by atoms with Crippen LogP contribution in [0.2, 0.25) is 0 Å². The van der Waals surface area contributed by atoms with Crippen molar-refractivity contribution < 1.29 is 19.0 Å². The third kappa shape index (κ3) is 3.59. The van der Waals surface area contributed by atoms with E-state index in [0.717, 1.165) is 17.5 Å². The third-order valence-electron chi connectivity index (χ3n) is 4.25. The number of nitrogens with one attached hydrogen (secondary N) is 2. The summed E-state index contributed by atoms with van der Waals surface area (Å²) in [6.45, 7) is 0.529. The second kappa shape index (κ2) is 7.82. The number of H-pyrrole nitrogens is 1. The van der Waals surface area contributed by atoms with E-state index in [1.807, 2.05) is 12.3 Å². The molecular weight excluding hydrogens is 332 g/mol. The number of fused-ring (bicyclic) bond motifs is 1. The number of aromatic nitrogens is 1. The zero-order valence-electron chi connectivity index (χ0n) is 15.1. The molecule has 6 nitrogen and oxygen atoms in total. The summed E-state index contributed by atoms with van der Waals surface area (Å²) in [4.78, 5) is 15.7. The lowest BCUT2D eigenvalue weighted by molar-refractivity contribution is 0.0953. The molecule has 3 aromatic rings. The summed E-state index contributed by atoms with van der Waals surface area (Å²) >= 11 is 0. The first-order valence-electron chi connectivity index (χ1n) is 8.30. The number of aromatic amines is 1. The van der Waals surface area contributed by atoms with Gasteiger partial charge in [0.05, 0.1) is 21.3 Å². The van der Waals surface area contributed by atoms with Crippen molar-refractivity contribution in [1.82, 2.24) is 10.3 Å². The van der Waals surface area contributed by atoms with Gasteiger partial charge >= 0.3 is 0 Å². The van der Waals surface area contributed by atoms with Crippen molar-refractivity contribution in [3.63, 3.8) is 0 Å². The minimum atomic E-state index is -0.190. The Morgan fingerprint density at radius 2 is 1.73 bits per heavy atom. The van der Waals surface area contributed by atoms with Crippen LogP contribution in [-0.2, 0) is 6.42 Å². The van der Waals surface area contributed by atoms with Gasteiger partial charge in [-0.15, -0.1) is 0 Å². The van der Waals surface area contributed by atoms with Gasteiger partial charge in [0, 0.05) is 23.8 Å². The quantitative estimate of drug-likeness (QED) is 0.684. The average molecular weight is 354 g/mol. The fourth-order valence-corrected chi connectivity index (χ4v) is 2.89. The Hall–Kier alpha value is -3.15. The standard InChI is InChI=1S/C20H22N2O4/c1-24-17-11-15(12-18(25-2)19(17)26-3)20(23)22-8-6-13-4-5-14-7-9-21-16(14)10-13/h4-5,7,9-12,21H,6,8H2,1-3H3,(H,22,23). The number of benzene rings is 2. The van der Waals surface area contributed by atoms with Gasteiger partial charge < -0.3 is 24.5 Å². The molecule has 0 aliphatic rings. The number of carbonyl (C=O) groups is 1. The molecule has 0 radical (unpaired) electrons. The van der Waals surface area contributed by atoms with Crippen LogP contribution < -0.4 is 19.5 Å². The highest BCUT2D eigenvalue weighted by Crippen LogP contribution is 2.38. The van der Waals surface area contributed by atoms with Crippen molar-refractivity contribution in [3.05, 3.63) is 53.7 Å². The van der Waals surface area contributed by atoms with Crippen LogP contribution in [0, 0.1) is 0 Å². The largest absolute Gasteiger partial charge is 0.493 e. The van der Waals surface area contributed by atoms with E-state index in [2.05, 4.69) is 28.5 Å². The number of amides is 1. The Balaban J connectivity index is 1.67. The van der Waals surface area contributed by atoms with E-state index in [0.29, 0.717) is 29.4 Å². The Morgan fingerprint density at radius 1 is 1.00 bits per heavy atom. The number of hydrogen-bond donors (Lipinski definition) is 2. The van der Waals surface area contributed by atoms with Gasteiger partial charge in [-0.05, 0) is 41.6 Å². The lowest BCUT2D eigenvalue weighted by atomic mass is 10.1. The fraction of sp³-hybridized carbons (Fsp3) is 0.250. The summed E-state index contributed by atoms with van der Waals surface area (Å²) in [5.74, 6) is 1.18. The molecule has 6 heteroatoms. The van der Waals surface area contributed by atoms with Gasteiger partial charge in [0.1, 0.15) is 0 Å². The molecule has 3 rings (SSSR count). The molecular formula is C20H22N2O4. The van der Waals surface area contributed by atoms with Crippen molar-refractivity contribution in [2.24, 2.45) is 0 Å². The van der Waals surface area contributed by atoms with Crippen LogP contribution in [0.15, 0.2) is 42.6 Å². The number of rotatable bonds is 7. The minimum Gasteiger partial charge on any atom is -0.493 e. The van der Waals surface area contributed by atoms with Gasteiger partial charge in [0.25, 0.3) is 5.91 Å². The zero-order chi connectivity index (χ0) is 18.5. The van der Waals surface area contributed by atoms with Crippen LogP contribution >= 0.6 is 0 Å². The van der Waals surface area contributed by atoms with E-state index >= 15 is 0 Å². The third-order valence-corrected chi connectivity index (χ3v) is 4.25. The number of methoxy groups -OCH3 is 3. The van der Waals surface area contributed by atoms with Crippen molar-refractivity contribution in [2.75, 3.05) is 27.9 Å². The predicted octanol–water partition coefficient (Wildman–Crippen LogP) is 3.17. The SMILES string of the molecule is COc1cc(C(=O)NCCc2ccc3cc[nH]c3c2)cc(OC)c1OC. The summed E-state index contributed by atoms with van der Waals surface area (Å²) in [6.07, 6.45) is 2.66. The average Bonchev–Trinajstić information content (AvgIpc) is 3.14. The molecule has 2 aromatic carbocycles. The molecule has 0 aliphatic carbocycles. The fourth-order valence-electron chi connectivity index (χ4n) is 2.89. The Morgan fingerprint density at radius 3 is 2.38 bits per heavy atom. The molecule has 1 aromatic heterocycles. The molecule has 0 atom stereocenters. The first kappa shape index (κ1) is 17.7. The molecule has 26 heavy (non-hydrogen) atoms. The first-order chi connectivity index (χ1) is 12.7. The van der Waals surface area contributed by atoms with Crippen LogP contribution in [0.5, 0.6) is 17.2 Å². The molecule has 0 aliphatic heterocycles. The van der Waals surface area contributed by atoms with Crippen LogP contribution in [0.4, 0.5) is 0 Å². The predicted molar refractivity (Wildman–Crippen MR) is 100 cm³/mol. The van der Waals surface area contributed by atoms with Gasteiger partial charge in [0.15, 0.2) is 11.5 Å². The number of carbonyl (C=O) groups excluding carboxylic acids is 1. The van der Waals surface area contributed by atoms with E-state index < -0.39 is 0 Å². The lowest BCUT2D eigenvalue weighted by Gasteiger charge is -2.14. The Kier molecular flexibility index (Phi) is 5.31. The van der Waals surface area contributed by atoms with Crippen LogP contribution in [0.25, 0.3) is 10.9 Å². The van der Waals surface area contributed by atoms with Gasteiger partial charge in [-0.2, -0.15) is 0 Å². The van der Waals surface area contributed by atoms with Crippen molar-refractivity contribution in [2.45, 2.75) is 6.42 Å². The van der Waals surface area contributed by atoms with Crippen LogP contribution in [0.3, 0.4) is 0 Å². The van der Waals surface area contributed by atoms with Gasteiger partial charge in [-0.25, -0.2) is 0 Å². The highest BCUT2D eigenvalue weighted by atomic mass is 16.5. The molecule has 0 fully saturated rings. The first-order valence-corrected chi connectivity index (χ1v) is 8.30. The molecule has 1 heterocycles. The van der Waals surface area contributed by atoms with E-state index in [-0.39, 0.29) is 5.91 Å². The molecule has 0 saturated carbocycles. The summed E-state index contributed by atoms with van der Waals surface area (Å²) in [6, 6.07) is 11.6. The van der Waals surface area contributed by atoms with E-state index in [1.54, 1.807) is 12.1 Å². The molecule has 0 unspecified atom stereocenters. The zero-order valence-corrected chi connectivity index (χ0v) is 15.1. The van der Waals surface area contributed by atoms with Crippen molar-refractivity contribution in [3.8, 4) is 17.2 Å². The van der Waals surface area contributed by atoms with Crippen molar-refractivity contribution >= 4 is 16.8 Å². The molecule has 1 amide bonds. The Labute approximate surface area is 152 Å². The van der Waals surface area contributed by atoms with Gasteiger partial charge in [-0.1, -0.05) is 12.1 Å². The highest BCUT2D eigenvalue weighted by Gasteiger charge is 2.16. The summed E-state index contributed by atoms with van der Waals surface area (Å²) < 4.78 is 15.9. The maximum absolute atomic E-state index is 12.5. The van der Waals surface area contributed by atoms with E-state index in [4.69, 9.17) is 14.2 Å². The maximum atomic E-state index is 12.5. The van der Waals surface area contributed by atoms with Gasteiger partial charge in [0.2, 0.25) is 5.75 Å². The van der Waals surface area contributed by atoms with Gasteiger partial charge in [-0.3, -0.25) is 4.79 Å². The second-order valence-corrected chi connectivity index (χ2v) is 5.82. The monoisotopic (exact) mass is 354 g/mol. The minimum absolute atomic E-state index is 0.190. The van der Waals surface area contributed by atoms with Crippen LogP contribution in [-0.4, -0.2) is 38.8 Å². The number of ether oxygens (including phenoxy) is 3. The summed E-state index contributed by atoms with van der Waals surface area (Å²) in [5.41, 5.74) is 2.71. The summed E-state index contributed by atoms with van der Waals surface area (Å²) in [7, 11) is 4.58. The van der Waals surface area contributed by atoms with E-state index in [9.17, 15) is 4.79 Å².